The molecule has 0 aliphatic heterocycles. The van der Waals surface area contributed by atoms with Crippen molar-refractivity contribution in [1.82, 2.24) is 0 Å². The first-order chi connectivity index (χ1) is 10.1. The fourth-order valence-corrected chi connectivity index (χ4v) is 1.70. The summed E-state index contributed by atoms with van der Waals surface area (Å²) in [5, 5.41) is 0. The lowest BCUT2D eigenvalue weighted by Gasteiger charge is -2.07. The van der Waals surface area contributed by atoms with Gasteiger partial charge in [-0.15, -0.1) is 0 Å². The highest BCUT2D eigenvalue weighted by atomic mass is 16.5. The van der Waals surface area contributed by atoms with E-state index in [1.807, 2.05) is 0 Å². The van der Waals surface area contributed by atoms with E-state index in [4.69, 9.17) is 15.2 Å². The number of nitrogens with two attached hydrogens (primary N) is 1. The van der Waals surface area contributed by atoms with E-state index < -0.39 is 5.91 Å². The second-order valence-corrected chi connectivity index (χ2v) is 4.24. The molecule has 0 aliphatic carbocycles. The van der Waals surface area contributed by atoms with Crippen molar-refractivity contribution in [3.8, 4) is 11.5 Å². The predicted molar refractivity (Wildman–Crippen MR) is 77.4 cm³/mol. The van der Waals surface area contributed by atoms with Gasteiger partial charge in [0.2, 0.25) is 5.91 Å². The van der Waals surface area contributed by atoms with E-state index in [1.165, 1.54) is 0 Å². The number of carbonyl (C=O) groups excluding carboxylic acids is 2. The maximum atomic E-state index is 11.5. The third-order valence-corrected chi connectivity index (χ3v) is 2.74. The van der Waals surface area contributed by atoms with Crippen LogP contribution in [-0.2, 0) is 4.74 Å². The van der Waals surface area contributed by atoms with Crippen LogP contribution < -0.4 is 10.5 Å². The lowest BCUT2D eigenvalue weighted by molar-refractivity contribution is 0.0526. The zero-order valence-electron chi connectivity index (χ0n) is 11.5. The topological polar surface area (TPSA) is 78.6 Å². The van der Waals surface area contributed by atoms with Gasteiger partial charge in [-0.2, -0.15) is 0 Å². The van der Waals surface area contributed by atoms with E-state index in [9.17, 15) is 9.59 Å². The summed E-state index contributed by atoms with van der Waals surface area (Å²) in [6.07, 6.45) is 0. The molecule has 0 saturated heterocycles. The number of ether oxygens (including phenoxy) is 2. The highest BCUT2D eigenvalue weighted by Gasteiger charge is 2.06. The first kappa shape index (κ1) is 14.6. The second kappa shape index (κ2) is 6.56. The number of primary amides is 1. The zero-order valence-corrected chi connectivity index (χ0v) is 11.5. The molecule has 2 aromatic carbocycles. The van der Waals surface area contributed by atoms with E-state index >= 15 is 0 Å². The van der Waals surface area contributed by atoms with E-state index in [0.717, 1.165) is 0 Å². The van der Waals surface area contributed by atoms with Crippen LogP contribution >= 0.6 is 0 Å². The molecule has 0 bridgehead atoms. The van der Waals surface area contributed by atoms with Crippen LogP contribution in [0.15, 0.2) is 48.5 Å². The van der Waals surface area contributed by atoms with Crippen LogP contribution in [0.4, 0.5) is 0 Å². The van der Waals surface area contributed by atoms with Crippen LogP contribution in [0, 0.1) is 0 Å². The second-order valence-electron chi connectivity index (χ2n) is 4.24. The maximum Gasteiger partial charge on any atom is 0.338 e. The molecule has 0 aromatic heterocycles. The number of rotatable bonds is 5. The SMILES string of the molecule is CCOC(=O)c1ccc(Oc2ccc(C(N)=O)cc2)cc1. The molecule has 1 amide bonds. The Kier molecular flexibility index (Phi) is 4.56. The van der Waals surface area contributed by atoms with E-state index in [0.29, 0.717) is 29.2 Å². The molecule has 0 fully saturated rings. The monoisotopic (exact) mass is 285 g/mol. The van der Waals surface area contributed by atoms with Gasteiger partial charge in [-0.1, -0.05) is 0 Å². The summed E-state index contributed by atoms with van der Waals surface area (Å²) in [5.74, 6) is 0.300. The maximum absolute atomic E-state index is 11.5. The molecule has 0 unspecified atom stereocenters. The van der Waals surface area contributed by atoms with Crippen molar-refractivity contribution >= 4 is 11.9 Å². The summed E-state index contributed by atoms with van der Waals surface area (Å²) in [5.41, 5.74) is 6.05. The molecule has 2 N–H and O–H groups in total. The van der Waals surface area contributed by atoms with Crippen LogP contribution in [0.3, 0.4) is 0 Å². The Hall–Kier alpha value is -2.82. The van der Waals surface area contributed by atoms with Gasteiger partial charge in [0.1, 0.15) is 11.5 Å². The minimum atomic E-state index is -0.486. The smallest absolute Gasteiger partial charge is 0.338 e. The predicted octanol–water partition coefficient (Wildman–Crippen LogP) is 2.75. The average Bonchev–Trinajstić information content (AvgIpc) is 2.49. The normalized spacial score (nSPS) is 9.95. The Morgan fingerprint density at radius 3 is 1.81 bits per heavy atom. The number of carbonyl (C=O) groups is 2. The Morgan fingerprint density at radius 1 is 0.905 bits per heavy atom. The van der Waals surface area contributed by atoms with Gasteiger partial charge in [0, 0.05) is 5.56 Å². The minimum absolute atomic E-state index is 0.337. The first-order valence-electron chi connectivity index (χ1n) is 6.45. The highest BCUT2D eigenvalue weighted by Crippen LogP contribution is 2.22. The minimum Gasteiger partial charge on any atom is -0.462 e. The third kappa shape index (κ3) is 3.82. The fourth-order valence-electron chi connectivity index (χ4n) is 1.70. The Balaban J connectivity index is 2.06. The quantitative estimate of drug-likeness (QED) is 0.857. The van der Waals surface area contributed by atoms with Crippen LogP contribution in [0.2, 0.25) is 0 Å². The Labute approximate surface area is 122 Å². The number of esters is 1. The van der Waals surface area contributed by atoms with Gasteiger partial charge in [-0.3, -0.25) is 4.79 Å². The number of amides is 1. The van der Waals surface area contributed by atoms with Crippen molar-refractivity contribution in [2.45, 2.75) is 6.92 Å². The summed E-state index contributed by atoms with van der Waals surface area (Å²) in [6, 6.07) is 13.1. The standard InChI is InChI=1S/C16H15NO4/c1-2-20-16(19)12-5-9-14(10-6-12)21-13-7-3-11(4-8-13)15(17)18/h3-10H,2H2,1H3,(H2,17,18). The van der Waals surface area contributed by atoms with Crippen molar-refractivity contribution in [2.75, 3.05) is 6.61 Å². The van der Waals surface area contributed by atoms with Gasteiger partial charge in [0.05, 0.1) is 12.2 Å². The molecule has 0 heterocycles. The van der Waals surface area contributed by atoms with Gasteiger partial charge >= 0.3 is 5.97 Å². The van der Waals surface area contributed by atoms with Crippen molar-refractivity contribution in [3.63, 3.8) is 0 Å². The van der Waals surface area contributed by atoms with Crippen molar-refractivity contribution in [3.05, 3.63) is 59.7 Å². The Morgan fingerprint density at radius 2 is 1.38 bits per heavy atom. The van der Waals surface area contributed by atoms with Crippen LogP contribution in [-0.4, -0.2) is 18.5 Å². The third-order valence-electron chi connectivity index (χ3n) is 2.74. The molecule has 0 radical (unpaired) electrons. The molecule has 108 valence electrons. The van der Waals surface area contributed by atoms with Crippen molar-refractivity contribution in [1.29, 1.82) is 0 Å². The van der Waals surface area contributed by atoms with Crippen LogP contribution in [0.5, 0.6) is 11.5 Å². The van der Waals surface area contributed by atoms with Gasteiger partial charge in [0.15, 0.2) is 0 Å². The molecule has 0 saturated carbocycles. The van der Waals surface area contributed by atoms with E-state index in [-0.39, 0.29) is 5.97 Å². The molecule has 2 rings (SSSR count). The zero-order chi connectivity index (χ0) is 15.2. The average molecular weight is 285 g/mol. The number of hydrogen-bond donors (Lipinski definition) is 1. The molecular formula is C16H15NO4. The summed E-state index contributed by atoms with van der Waals surface area (Å²) >= 11 is 0. The first-order valence-corrected chi connectivity index (χ1v) is 6.45. The highest BCUT2D eigenvalue weighted by molar-refractivity contribution is 5.92. The Bertz CT molecular complexity index is 632. The van der Waals surface area contributed by atoms with Gasteiger partial charge in [0.25, 0.3) is 0 Å². The summed E-state index contributed by atoms with van der Waals surface area (Å²) in [7, 11) is 0. The van der Waals surface area contributed by atoms with E-state index in [1.54, 1.807) is 55.5 Å². The summed E-state index contributed by atoms with van der Waals surface area (Å²) in [4.78, 5) is 22.5. The molecule has 0 aliphatic rings. The summed E-state index contributed by atoms with van der Waals surface area (Å²) in [6.45, 7) is 2.09. The van der Waals surface area contributed by atoms with Crippen LogP contribution in [0.25, 0.3) is 0 Å². The van der Waals surface area contributed by atoms with Gasteiger partial charge in [-0.25, -0.2) is 4.79 Å². The van der Waals surface area contributed by atoms with Crippen molar-refractivity contribution < 1.29 is 19.1 Å². The number of hydrogen-bond acceptors (Lipinski definition) is 4. The molecule has 0 spiro atoms. The lowest BCUT2D eigenvalue weighted by atomic mass is 10.2. The van der Waals surface area contributed by atoms with Crippen LogP contribution in [0.1, 0.15) is 27.6 Å². The molecule has 5 heteroatoms. The molecule has 21 heavy (non-hydrogen) atoms. The van der Waals surface area contributed by atoms with Gasteiger partial charge in [-0.05, 0) is 55.5 Å². The molecule has 0 atom stereocenters. The van der Waals surface area contributed by atoms with Crippen molar-refractivity contribution in [2.24, 2.45) is 5.73 Å². The lowest BCUT2D eigenvalue weighted by Crippen LogP contribution is -2.10. The molecule has 5 nitrogen and oxygen atoms in total. The fraction of sp³-hybridized carbons (Fsp3) is 0.125. The molecular weight excluding hydrogens is 270 g/mol. The molecule has 2 aromatic rings. The van der Waals surface area contributed by atoms with Gasteiger partial charge < -0.3 is 15.2 Å². The van der Waals surface area contributed by atoms with E-state index in [2.05, 4.69) is 0 Å². The number of benzene rings is 2. The largest absolute Gasteiger partial charge is 0.462 e. The summed E-state index contributed by atoms with van der Waals surface area (Å²) < 4.78 is 10.5.